The third-order valence-corrected chi connectivity index (χ3v) is 6.58. The molecule has 0 bridgehead atoms. The van der Waals surface area contributed by atoms with Crippen LogP contribution in [0.3, 0.4) is 0 Å². The lowest BCUT2D eigenvalue weighted by atomic mass is 10.2. The minimum Gasteiger partial charge on any atom is -0.548 e. The van der Waals surface area contributed by atoms with Crippen molar-refractivity contribution in [2.45, 2.75) is 18.1 Å². The molecule has 0 aromatic rings. The average molecular weight is 579 g/mol. The highest BCUT2D eigenvalue weighted by Gasteiger charge is 2.28. The van der Waals surface area contributed by atoms with Gasteiger partial charge in [0.2, 0.25) is 5.91 Å². The van der Waals surface area contributed by atoms with E-state index in [2.05, 4.69) is 5.32 Å². The van der Waals surface area contributed by atoms with Crippen LogP contribution >= 0.6 is 0 Å². The van der Waals surface area contributed by atoms with Gasteiger partial charge in [-0.3, -0.25) is 24.4 Å². The number of rotatable bonds is 16. The molecule has 1 rings (SSSR count). The second kappa shape index (κ2) is 19.6. The van der Waals surface area contributed by atoms with Gasteiger partial charge in [-0.2, -0.15) is 0 Å². The number of aliphatic hydroxyl groups is 4. The predicted octanol–water partition coefficient (Wildman–Crippen LogP) is -9.33. The van der Waals surface area contributed by atoms with Crippen molar-refractivity contribution in [1.82, 2.24) is 24.9 Å². The van der Waals surface area contributed by atoms with Gasteiger partial charge in [0.05, 0.1) is 82.2 Å². The van der Waals surface area contributed by atoms with E-state index < -0.39 is 61.8 Å². The minimum atomic E-state index is -1.59. The second-order valence-electron chi connectivity index (χ2n) is 9.12. The van der Waals surface area contributed by atoms with Crippen molar-refractivity contribution < 1.29 is 59.7 Å². The number of carbonyl (C=O) groups excluding carboxylic acids is 4. The second-order valence-corrected chi connectivity index (χ2v) is 9.12. The maximum absolute atomic E-state index is 12.5. The van der Waals surface area contributed by atoms with Crippen molar-refractivity contribution in [3.8, 4) is 0 Å². The maximum atomic E-state index is 12.5. The summed E-state index contributed by atoms with van der Waals surface area (Å²) >= 11 is 0. The summed E-state index contributed by atoms with van der Waals surface area (Å²) in [4.78, 5) is 53.2. The van der Waals surface area contributed by atoms with E-state index in [-0.39, 0.29) is 85.3 Å². The van der Waals surface area contributed by atoms with E-state index in [9.17, 15) is 49.8 Å². The molecular formula is C23H40N5O12-3. The molecule has 3 unspecified atom stereocenters. The Hall–Kier alpha value is -2.48. The molecule has 0 aliphatic carbocycles. The Balaban J connectivity index is 3.20. The lowest BCUT2D eigenvalue weighted by Gasteiger charge is -2.40. The monoisotopic (exact) mass is 578 g/mol. The normalized spacial score (nSPS) is 19.6. The third kappa shape index (κ3) is 12.4. The first-order valence-corrected chi connectivity index (χ1v) is 12.9. The van der Waals surface area contributed by atoms with Gasteiger partial charge < -0.3 is 60.2 Å². The number of nitrogens with one attached hydrogen (secondary N) is 1. The summed E-state index contributed by atoms with van der Waals surface area (Å²) in [5.74, 6) is -5.11. The van der Waals surface area contributed by atoms with Crippen LogP contribution in [0.25, 0.3) is 0 Å². The van der Waals surface area contributed by atoms with Crippen molar-refractivity contribution in [2.75, 3.05) is 105 Å². The average Bonchev–Trinajstić information content (AvgIpc) is 2.89. The van der Waals surface area contributed by atoms with Gasteiger partial charge in [0.25, 0.3) is 0 Å². The van der Waals surface area contributed by atoms with Crippen molar-refractivity contribution in [3.05, 3.63) is 0 Å². The Kier molecular flexibility index (Phi) is 17.4. The summed E-state index contributed by atoms with van der Waals surface area (Å²) in [6.45, 7) is -2.52. The Bertz CT molecular complexity index is 753. The first-order chi connectivity index (χ1) is 19.1. The van der Waals surface area contributed by atoms with E-state index in [4.69, 9.17) is 9.84 Å². The number of carboxylic acid groups (broad SMARTS) is 3. The number of hydrogen-bond donors (Lipinski definition) is 5. The lowest BCUT2D eigenvalue weighted by molar-refractivity contribution is -0.315. The number of nitrogens with zero attached hydrogens (tertiary/aromatic N) is 4. The molecule has 1 fully saturated rings. The summed E-state index contributed by atoms with van der Waals surface area (Å²) < 4.78 is 5.09. The van der Waals surface area contributed by atoms with Gasteiger partial charge in [-0.25, -0.2) is 0 Å². The van der Waals surface area contributed by atoms with Crippen LogP contribution in [-0.2, 0) is 23.9 Å². The van der Waals surface area contributed by atoms with Crippen LogP contribution in [0, 0.1) is 0 Å². The van der Waals surface area contributed by atoms with E-state index in [1.165, 1.54) is 14.7 Å². The molecule has 3 atom stereocenters. The number of aliphatic hydroxyl groups excluding tert-OH is 4. The molecular weight excluding hydrogens is 538 g/mol. The molecule has 40 heavy (non-hydrogen) atoms. The van der Waals surface area contributed by atoms with Crippen LogP contribution in [0.5, 0.6) is 0 Å². The summed E-state index contributed by atoms with van der Waals surface area (Å²) in [6, 6.07) is -4.36. The fourth-order valence-electron chi connectivity index (χ4n) is 4.30. The van der Waals surface area contributed by atoms with E-state index in [0.29, 0.717) is 0 Å². The standard InChI is InChI=1S/C23H43N5O12/c29-10-12-40-11-1-24-20(33)13-25-2-4-26(17(14-30)21(34)35)6-8-28(19(16-32)23(38)39)9-7-27(5-3-25)18(15-31)22(36)37/h17-19,29-32H,1-16H2,(H,24,33)(H,34,35)(H,36,37)(H,38,39)/p-3. The molecule has 17 heteroatoms. The largest absolute Gasteiger partial charge is 0.548 e. The zero-order valence-corrected chi connectivity index (χ0v) is 22.4. The Morgan fingerprint density at radius 2 is 1.02 bits per heavy atom. The Labute approximate surface area is 232 Å². The summed E-state index contributed by atoms with van der Waals surface area (Å²) in [5, 5.41) is 75.4. The fourth-order valence-corrected chi connectivity index (χ4v) is 4.30. The summed E-state index contributed by atoms with van der Waals surface area (Å²) in [6.07, 6.45) is 0. The quantitative estimate of drug-likeness (QED) is 0.107. The van der Waals surface area contributed by atoms with Gasteiger partial charge in [0, 0.05) is 58.9 Å². The smallest absolute Gasteiger partial charge is 0.234 e. The number of hydrogen-bond acceptors (Lipinski definition) is 16. The van der Waals surface area contributed by atoms with Crippen LogP contribution in [0.2, 0.25) is 0 Å². The van der Waals surface area contributed by atoms with Crippen molar-refractivity contribution >= 4 is 23.8 Å². The van der Waals surface area contributed by atoms with Crippen molar-refractivity contribution in [1.29, 1.82) is 0 Å². The fraction of sp³-hybridized carbons (Fsp3) is 0.826. The first-order valence-electron chi connectivity index (χ1n) is 12.9. The highest BCUT2D eigenvalue weighted by molar-refractivity contribution is 5.78. The summed E-state index contributed by atoms with van der Waals surface area (Å²) in [7, 11) is 0. The van der Waals surface area contributed by atoms with Crippen LogP contribution in [0.15, 0.2) is 0 Å². The minimum absolute atomic E-state index is 0.00103. The molecule has 5 N–H and O–H groups in total. The number of carboxylic acids is 3. The molecule has 1 saturated heterocycles. The SMILES string of the molecule is O=C(CN1CCN(C(CO)C(=O)[O-])CCN(C(CO)C(=O)[O-])CCN(C(CO)C(=O)[O-])CC1)NCCOCCO. The highest BCUT2D eigenvalue weighted by Crippen LogP contribution is 2.09. The number of ether oxygens (including phenoxy) is 1. The van der Waals surface area contributed by atoms with Crippen LogP contribution in [0.4, 0.5) is 0 Å². The van der Waals surface area contributed by atoms with Crippen LogP contribution in [-0.4, -0.2) is 187 Å². The molecule has 17 nitrogen and oxygen atoms in total. The zero-order valence-electron chi connectivity index (χ0n) is 22.4. The van der Waals surface area contributed by atoms with Crippen LogP contribution in [0.1, 0.15) is 0 Å². The van der Waals surface area contributed by atoms with Gasteiger partial charge in [0.15, 0.2) is 0 Å². The number of carbonyl (C=O) groups is 4. The lowest BCUT2D eigenvalue weighted by Crippen LogP contribution is -2.59. The van der Waals surface area contributed by atoms with E-state index in [0.717, 1.165) is 0 Å². The molecule has 1 aliphatic heterocycles. The molecule has 0 radical (unpaired) electrons. The van der Waals surface area contributed by atoms with Gasteiger partial charge in [-0.1, -0.05) is 0 Å². The number of amides is 1. The third-order valence-electron chi connectivity index (χ3n) is 6.58. The molecule has 1 aliphatic rings. The van der Waals surface area contributed by atoms with Gasteiger partial charge in [-0.15, -0.1) is 0 Å². The van der Waals surface area contributed by atoms with Crippen LogP contribution < -0.4 is 20.6 Å². The van der Waals surface area contributed by atoms with Gasteiger partial charge >= 0.3 is 0 Å². The van der Waals surface area contributed by atoms with Crippen molar-refractivity contribution in [3.63, 3.8) is 0 Å². The highest BCUT2D eigenvalue weighted by atomic mass is 16.5. The molecule has 232 valence electrons. The topological polar surface area (TPSA) is 253 Å². The summed E-state index contributed by atoms with van der Waals surface area (Å²) in [5.41, 5.74) is 0. The van der Waals surface area contributed by atoms with E-state index >= 15 is 0 Å². The van der Waals surface area contributed by atoms with Gasteiger partial charge in [0.1, 0.15) is 0 Å². The predicted molar refractivity (Wildman–Crippen MR) is 130 cm³/mol. The van der Waals surface area contributed by atoms with Gasteiger partial charge in [-0.05, 0) is 0 Å². The molecule has 1 heterocycles. The van der Waals surface area contributed by atoms with Crippen molar-refractivity contribution in [2.24, 2.45) is 0 Å². The van der Waals surface area contributed by atoms with E-state index in [1.807, 2.05) is 0 Å². The molecule has 0 saturated carbocycles. The first kappa shape index (κ1) is 35.5. The molecule has 0 spiro atoms. The number of aliphatic carboxylic acids is 3. The Morgan fingerprint density at radius 3 is 1.35 bits per heavy atom. The molecule has 0 aromatic heterocycles. The molecule has 1 amide bonds. The Morgan fingerprint density at radius 1 is 0.650 bits per heavy atom. The zero-order chi connectivity index (χ0) is 30.1. The molecule has 0 aromatic carbocycles. The van der Waals surface area contributed by atoms with E-state index in [1.54, 1.807) is 4.90 Å². The maximum Gasteiger partial charge on any atom is 0.234 e.